The average Bonchev–Trinajstić information content (AvgIpc) is 2.72. The Bertz CT molecular complexity index is 860. The standard InChI is InChI=1S/C21H22FNO5/c1-27-16-5-2-14(3-6-16)15-4-7-17(18(22)12-15)19(24)23-13-21(20(25)26)8-10-28-11-9-21/h2-7,12H,8-11,13H2,1H3,(H,23,24)(H,25,26). The molecule has 7 heteroatoms. The van der Waals surface area contributed by atoms with Gasteiger partial charge in [-0.1, -0.05) is 18.2 Å². The molecule has 2 N–H and O–H groups in total. The maximum Gasteiger partial charge on any atom is 0.311 e. The van der Waals surface area contributed by atoms with Gasteiger partial charge in [-0.25, -0.2) is 4.39 Å². The maximum atomic E-state index is 14.5. The van der Waals surface area contributed by atoms with Crippen LogP contribution >= 0.6 is 0 Å². The molecule has 0 aliphatic carbocycles. The summed E-state index contributed by atoms with van der Waals surface area (Å²) in [7, 11) is 1.57. The van der Waals surface area contributed by atoms with Crippen LogP contribution in [0.2, 0.25) is 0 Å². The number of amides is 1. The van der Waals surface area contributed by atoms with Crippen molar-refractivity contribution in [2.45, 2.75) is 12.8 Å². The summed E-state index contributed by atoms with van der Waals surface area (Å²) >= 11 is 0. The molecular weight excluding hydrogens is 365 g/mol. The van der Waals surface area contributed by atoms with E-state index in [0.29, 0.717) is 37.4 Å². The Morgan fingerprint density at radius 1 is 1.14 bits per heavy atom. The highest BCUT2D eigenvalue weighted by molar-refractivity contribution is 5.95. The number of halogens is 1. The van der Waals surface area contributed by atoms with Gasteiger partial charge in [0.1, 0.15) is 11.6 Å². The number of benzene rings is 2. The molecule has 3 rings (SSSR count). The molecule has 1 amide bonds. The molecule has 0 atom stereocenters. The first-order valence-electron chi connectivity index (χ1n) is 8.98. The fourth-order valence-corrected chi connectivity index (χ4v) is 3.24. The molecule has 28 heavy (non-hydrogen) atoms. The fraction of sp³-hybridized carbons (Fsp3) is 0.333. The molecule has 1 fully saturated rings. The number of nitrogens with one attached hydrogen (secondary N) is 1. The lowest BCUT2D eigenvalue weighted by Gasteiger charge is -2.33. The van der Waals surface area contributed by atoms with Crippen LogP contribution in [0.25, 0.3) is 11.1 Å². The molecule has 2 aromatic carbocycles. The lowest BCUT2D eigenvalue weighted by Crippen LogP contribution is -2.46. The zero-order chi connectivity index (χ0) is 20.1. The molecule has 1 aliphatic rings. The Morgan fingerprint density at radius 3 is 2.36 bits per heavy atom. The van der Waals surface area contributed by atoms with E-state index in [9.17, 15) is 19.1 Å². The first-order valence-corrected chi connectivity index (χ1v) is 8.98. The monoisotopic (exact) mass is 387 g/mol. The molecule has 0 bridgehead atoms. The van der Waals surface area contributed by atoms with Crippen molar-refractivity contribution < 1.29 is 28.6 Å². The molecule has 6 nitrogen and oxygen atoms in total. The Morgan fingerprint density at radius 2 is 1.79 bits per heavy atom. The first kappa shape index (κ1) is 19.8. The lowest BCUT2D eigenvalue weighted by atomic mass is 9.80. The van der Waals surface area contributed by atoms with Gasteiger partial charge in [-0.05, 0) is 48.2 Å². The summed E-state index contributed by atoms with van der Waals surface area (Å²) in [6.07, 6.45) is 0.614. The smallest absolute Gasteiger partial charge is 0.311 e. The quantitative estimate of drug-likeness (QED) is 0.796. The van der Waals surface area contributed by atoms with Crippen molar-refractivity contribution in [3.63, 3.8) is 0 Å². The van der Waals surface area contributed by atoms with Gasteiger partial charge in [0.2, 0.25) is 0 Å². The van der Waals surface area contributed by atoms with Crippen molar-refractivity contribution in [3.05, 3.63) is 53.8 Å². The number of hydrogen-bond acceptors (Lipinski definition) is 4. The van der Waals surface area contributed by atoms with Gasteiger partial charge in [0.25, 0.3) is 5.91 Å². The van der Waals surface area contributed by atoms with Gasteiger partial charge in [0, 0.05) is 19.8 Å². The Labute approximate surface area is 162 Å². The van der Waals surface area contributed by atoms with Gasteiger partial charge in [0.15, 0.2) is 0 Å². The number of hydrogen-bond donors (Lipinski definition) is 2. The molecule has 148 valence electrons. The molecular formula is C21H22FNO5. The third-order valence-electron chi connectivity index (χ3n) is 5.13. The van der Waals surface area contributed by atoms with Crippen LogP contribution in [0.3, 0.4) is 0 Å². The Hall–Kier alpha value is -2.93. The number of carbonyl (C=O) groups excluding carboxylic acids is 1. The Balaban J connectivity index is 1.72. The first-order chi connectivity index (χ1) is 13.4. The Kier molecular flexibility index (Phi) is 5.94. The molecule has 0 spiro atoms. The minimum absolute atomic E-state index is 0.0653. The topological polar surface area (TPSA) is 84.9 Å². The van der Waals surface area contributed by atoms with Crippen LogP contribution in [-0.2, 0) is 9.53 Å². The van der Waals surface area contributed by atoms with Gasteiger partial charge in [0.05, 0.1) is 18.1 Å². The molecule has 1 heterocycles. The number of methoxy groups -OCH3 is 1. The predicted molar refractivity (Wildman–Crippen MR) is 101 cm³/mol. The normalized spacial score (nSPS) is 15.6. The maximum absolute atomic E-state index is 14.5. The van der Waals surface area contributed by atoms with Crippen LogP contribution in [0, 0.1) is 11.2 Å². The number of rotatable bonds is 6. The van der Waals surface area contributed by atoms with Crippen LogP contribution in [0.15, 0.2) is 42.5 Å². The van der Waals surface area contributed by atoms with Gasteiger partial charge < -0.3 is 19.9 Å². The largest absolute Gasteiger partial charge is 0.497 e. The van der Waals surface area contributed by atoms with Crippen molar-refractivity contribution in [3.8, 4) is 16.9 Å². The molecule has 0 unspecified atom stereocenters. The second kappa shape index (κ2) is 8.39. The minimum atomic E-state index is -1.08. The predicted octanol–water partition coefficient (Wildman–Crippen LogP) is 3.11. The van der Waals surface area contributed by atoms with E-state index < -0.39 is 23.1 Å². The summed E-state index contributed by atoms with van der Waals surface area (Å²) in [5.41, 5.74) is 0.222. The van der Waals surface area contributed by atoms with Crippen LogP contribution in [0.4, 0.5) is 4.39 Å². The van der Waals surface area contributed by atoms with Crippen molar-refractivity contribution in [1.82, 2.24) is 5.32 Å². The molecule has 0 saturated carbocycles. The number of carboxylic acid groups (broad SMARTS) is 1. The number of ether oxygens (including phenoxy) is 2. The van der Waals surface area contributed by atoms with E-state index in [1.165, 1.54) is 12.1 Å². The highest BCUT2D eigenvalue weighted by Crippen LogP contribution is 2.30. The lowest BCUT2D eigenvalue weighted by molar-refractivity contribution is -0.154. The summed E-state index contributed by atoms with van der Waals surface area (Å²) in [6.45, 7) is 0.588. The fourth-order valence-electron chi connectivity index (χ4n) is 3.24. The van der Waals surface area contributed by atoms with E-state index >= 15 is 0 Å². The van der Waals surface area contributed by atoms with E-state index in [4.69, 9.17) is 9.47 Å². The highest BCUT2D eigenvalue weighted by Gasteiger charge is 2.40. The zero-order valence-corrected chi connectivity index (χ0v) is 15.5. The molecule has 0 aromatic heterocycles. The summed E-state index contributed by atoms with van der Waals surface area (Å²) < 4.78 is 24.8. The van der Waals surface area contributed by atoms with Gasteiger partial charge in [-0.15, -0.1) is 0 Å². The van der Waals surface area contributed by atoms with E-state index in [0.717, 1.165) is 5.56 Å². The second-order valence-electron chi connectivity index (χ2n) is 6.80. The van der Waals surface area contributed by atoms with Crippen molar-refractivity contribution >= 4 is 11.9 Å². The second-order valence-corrected chi connectivity index (χ2v) is 6.80. The van der Waals surface area contributed by atoms with E-state index in [1.54, 1.807) is 37.4 Å². The van der Waals surface area contributed by atoms with Crippen LogP contribution in [0.5, 0.6) is 5.75 Å². The highest BCUT2D eigenvalue weighted by atomic mass is 19.1. The SMILES string of the molecule is COc1ccc(-c2ccc(C(=O)NCC3(C(=O)O)CCOCC3)c(F)c2)cc1. The van der Waals surface area contributed by atoms with Crippen molar-refractivity contribution in [1.29, 1.82) is 0 Å². The number of carboxylic acids is 1. The van der Waals surface area contributed by atoms with Crippen LogP contribution in [-0.4, -0.2) is 43.9 Å². The van der Waals surface area contributed by atoms with Crippen LogP contribution in [0.1, 0.15) is 23.2 Å². The average molecular weight is 387 g/mol. The zero-order valence-electron chi connectivity index (χ0n) is 15.5. The van der Waals surface area contributed by atoms with Crippen LogP contribution < -0.4 is 10.1 Å². The molecule has 1 saturated heterocycles. The number of carbonyl (C=O) groups is 2. The van der Waals surface area contributed by atoms with E-state index in [-0.39, 0.29) is 12.1 Å². The molecule has 0 radical (unpaired) electrons. The summed E-state index contributed by atoms with van der Waals surface area (Å²) in [5.74, 6) is -1.58. The van der Waals surface area contributed by atoms with Gasteiger partial charge in [-0.2, -0.15) is 0 Å². The van der Waals surface area contributed by atoms with Gasteiger partial charge >= 0.3 is 5.97 Å². The van der Waals surface area contributed by atoms with Crippen molar-refractivity contribution in [2.24, 2.45) is 5.41 Å². The van der Waals surface area contributed by atoms with E-state index in [2.05, 4.69) is 5.32 Å². The third kappa shape index (κ3) is 4.14. The summed E-state index contributed by atoms with van der Waals surface area (Å²) in [4.78, 5) is 24.1. The van der Waals surface area contributed by atoms with E-state index in [1.807, 2.05) is 0 Å². The summed E-state index contributed by atoms with van der Waals surface area (Å²) in [6, 6.07) is 11.5. The summed E-state index contributed by atoms with van der Waals surface area (Å²) in [5, 5.41) is 12.1. The van der Waals surface area contributed by atoms with Gasteiger partial charge in [-0.3, -0.25) is 9.59 Å². The number of aliphatic carboxylic acids is 1. The third-order valence-corrected chi connectivity index (χ3v) is 5.13. The minimum Gasteiger partial charge on any atom is -0.497 e. The van der Waals surface area contributed by atoms with Crippen molar-refractivity contribution in [2.75, 3.05) is 26.9 Å². The molecule has 2 aromatic rings. The molecule has 1 aliphatic heterocycles.